The van der Waals surface area contributed by atoms with Crippen molar-refractivity contribution >= 4 is 28.3 Å². The SMILES string of the molecule is COc1ccc(C)c(NCC(=O)C[C@@H]2CCCN(c3ncnc4[nH]ccc34)C2)c1. The number of anilines is 2. The Morgan fingerprint density at radius 1 is 1.34 bits per heavy atom. The Kier molecular flexibility index (Phi) is 5.64. The molecule has 152 valence electrons. The zero-order valence-corrected chi connectivity index (χ0v) is 16.9. The molecule has 7 heteroatoms. The van der Waals surface area contributed by atoms with Crippen molar-refractivity contribution in [1.82, 2.24) is 15.0 Å². The van der Waals surface area contributed by atoms with Gasteiger partial charge in [0.1, 0.15) is 23.5 Å². The van der Waals surface area contributed by atoms with Gasteiger partial charge in [0.15, 0.2) is 5.78 Å². The van der Waals surface area contributed by atoms with Crippen molar-refractivity contribution in [2.75, 3.05) is 37.0 Å². The van der Waals surface area contributed by atoms with Crippen molar-refractivity contribution in [3.8, 4) is 5.75 Å². The Labute approximate surface area is 170 Å². The lowest BCUT2D eigenvalue weighted by atomic mass is 9.92. The average Bonchev–Trinajstić information content (AvgIpc) is 3.22. The minimum Gasteiger partial charge on any atom is -0.497 e. The third-order valence-electron chi connectivity index (χ3n) is 5.59. The molecule has 1 aromatic carbocycles. The molecule has 0 bridgehead atoms. The van der Waals surface area contributed by atoms with Gasteiger partial charge in [0.2, 0.25) is 0 Å². The van der Waals surface area contributed by atoms with Crippen LogP contribution in [0.15, 0.2) is 36.8 Å². The number of carbonyl (C=O) groups is 1. The summed E-state index contributed by atoms with van der Waals surface area (Å²) in [6.45, 7) is 4.17. The number of H-pyrrole nitrogens is 1. The Morgan fingerprint density at radius 3 is 3.10 bits per heavy atom. The van der Waals surface area contributed by atoms with Gasteiger partial charge in [0.05, 0.1) is 19.0 Å². The number of carbonyl (C=O) groups excluding carboxylic acids is 1. The normalized spacial score (nSPS) is 16.8. The number of Topliss-reactive ketones (excluding diaryl/α,β-unsaturated/α-hetero) is 1. The first-order valence-electron chi connectivity index (χ1n) is 10.1. The molecule has 2 N–H and O–H groups in total. The zero-order chi connectivity index (χ0) is 20.2. The van der Waals surface area contributed by atoms with Crippen molar-refractivity contribution in [2.45, 2.75) is 26.2 Å². The first-order chi connectivity index (χ1) is 14.1. The Hall–Kier alpha value is -3.09. The molecule has 3 heterocycles. The molecule has 1 saturated heterocycles. The number of aromatic amines is 1. The minimum absolute atomic E-state index is 0.230. The fourth-order valence-corrected chi connectivity index (χ4v) is 4.04. The summed E-state index contributed by atoms with van der Waals surface area (Å²) in [4.78, 5) is 26.8. The van der Waals surface area contributed by atoms with Crippen LogP contribution in [0.5, 0.6) is 5.75 Å². The van der Waals surface area contributed by atoms with Gasteiger partial charge in [-0.1, -0.05) is 6.07 Å². The van der Waals surface area contributed by atoms with E-state index in [0.717, 1.165) is 59.8 Å². The summed E-state index contributed by atoms with van der Waals surface area (Å²) in [7, 11) is 1.65. The maximum absolute atomic E-state index is 12.6. The van der Waals surface area contributed by atoms with E-state index in [0.29, 0.717) is 18.9 Å². The standard InChI is InChI=1S/C22H27N5O2/c1-15-5-6-18(29-2)11-20(15)24-12-17(28)10-16-4-3-9-27(13-16)22-19-7-8-23-21(19)25-14-26-22/h5-8,11,14,16,24H,3-4,9-10,12-13H2,1-2H3,(H,23,25,26)/t16-/m0/s1. The highest BCUT2D eigenvalue weighted by Gasteiger charge is 2.24. The van der Waals surface area contributed by atoms with Crippen LogP contribution >= 0.6 is 0 Å². The molecule has 3 aromatic rings. The van der Waals surface area contributed by atoms with E-state index in [-0.39, 0.29) is 5.78 Å². The van der Waals surface area contributed by atoms with Crippen LogP contribution in [0.4, 0.5) is 11.5 Å². The van der Waals surface area contributed by atoms with Gasteiger partial charge < -0.3 is 19.9 Å². The maximum atomic E-state index is 12.6. The van der Waals surface area contributed by atoms with Crippen LogP contribution in [0.1, 0.15) is 24.8 Å². The maximum Gasteiger partial charge on any atom is 0.152 e. The lowest BCUT2D eigenvalue weighted by molar-refractivity contribution is -0.118. The summed E-state index contributed by atoms with van der Waals surface area (Å²) >= 11 is 0. The predicted octanol–water partition coefficient (Wildman–Crippen LogP) is 3.56. The molecule has 0 spiro atoms. The molecule has 2 aromatic heterocycles. The fraction of sp³-hybridized carbons (Fsp3) is 0.409. The fourth-order valence-electron chi connectivity index (χ4n) is 4.04. The number of hydrogen-bond acceptors (Lipinski definition) is 6. The number of piperidine rings is 1. The Bertz CT molecular complexity index is 1000. The van der Waals surface area contributed by atoms with Crippen molar-refractivity contribution in [1.29, 1.82) is 0 Å². The second-order valence-corrected chi connectivity index (χ2v) is 7.67. The number of nitrogens with one attached hydrogen (secondary N) is 2. The molecule has 0 unspecified atom stereocenters. The van der Waals surface area contributed by atoms with Crippen LogP contribution in [-0.2, 0) is 4.79 Å². The Balaban J connectivity index is 1.36. The molecule has 0 amide bonds. The second kappa shape index (κ2) is 8.51. The van der Waals surface area contributed by atoms with E-state index < -0.39 is 0 Å². The van der Waals surface area contributed by atoms with E-state index in [1.54, 1.807) is 13.4 Å². The molecule has 29 heavy (non-hydrogen) atoms. The third kappa shape index (κ3) is 4.34. The number of ketones is 1. The zero-order valence-electron chi connectivity index (χ0n) is 16.9. The summed E-state index contributed by atoms with van der Waals surface area (Å²) in [5, 5.41) is 4.31. The van der Waals surface area contributed by atoms with Gasteiger partial charge >= 0.3 is 0 Å². The number of benzene rings is 1. The lowest BCUT2D eigenvalue weighted by Gasteiger charge is -2.33. The summed E-state index contributed by atoms with van der Waals surface area (Å²) in [5.41, 5.74) is 2.89. The van der Waals surface area contributed by atoms with Crippen LogP contribution in [0.3, 0.4) is 0 Å². The van der Waals surface area contributed by atoms with Crippen molar-refractivity contribution in [2.24, 2.45) is 5.92 Å². The average molecular weight is 393 g/mol. The first kappa shape index (κ1) is 19.2. The van der Waals surface area contributed by atoms with E-state index in [4.69, 9.17) is 4.74 Å². The molecule has 7 nitrogen and oxygen atoms in total. The van der Waals surface area contributed by atoms with Gasteiger partial charge in [-0.15, -0.1) is 0 Å². The number of hydrogen-bond donors (Lipinski definition) is 2. The van der Waals surface area contributed by atoms with Gasteiger partial charge in [-0.2, -0.15) is 0 Å². The summed E-state index contributed by atoms with van der Waals surface area (Å²) < 4.78 is 5.27. The molecule has 0 radical (unpaired) electrons. The van der Waals surface area contributed by atoms with Gasteiger partial charge in [0, 0.05) is 37.5 Å². The quantitative estimate of drug-likeness (QED) is 0.639. The summed E-state index contributed by atoms with van der Waals surface area (Å²) in [6.07, 6.45) is 6.20. The highest BCUT2D eigenvalue weighted by molar-refractivity contribution is 5.87. The number of rotatable bonds is 7. The molecule has 1 fully saturated rings. The molecule has 0 saturated carbocycles. The van der Waals surface area contributed by atoms with E-state index in [1.165, 1.54) is 0 Å². The molecule has 1 aliphatic heterocycles. The molecule has 0 aliphatic carbocycles. The van der Waals surface area contributed by atoms with Crippen molar-refractivity contribution in [3.05, 3.63) is 42.4 Å². The number of nitrogens with zero attached hydrogens (tertiary/aromatic N) is 3. The van der Waals surface area contributed by atoms with Crippen molar-refractivity contribution in [3.63, 3.8) is 0 Å². The number of aromatic nitrogens is 3. The lowest BCUT2D eigenvalue weighted by Crippen LogP contribution is -2.37. The van der Waals surface area contributed by atoms with Crippen LogP contribution in [0.25, 0.3) is 11.0 Å². The number of aryl methyl sites for hydroxylation is 1. The van der Waals surface area contributed by atoms with Gasteiger partial charge in [0.25, 0.3) is 0 Å². The first-order valence-corrected chi connectivity index (χ1v) is 10.1. The summed E-state index contributed by atoms with van der Waals surface area (Å²) in [6, 6.07) is 7.86. The second-order valence-electron chi connectivity index (χ2n) is 7.67. The van der Waals surface area contributed by atoms with Gasteiger partial charge in [-0.3, -0.25) is 4.79 Å². The van der Waals surface area contributed by atoms with Crippen LogP contribution in [0.2, 0.25) is 0 Å². The molecule has 1 atom stereocenters. The smallest absolute Gasteiger partial charge is 0.152 e. The van der Waals surface area contributed by atoms with E-state index in [1.807, 2.05) is 37.4 Å². The number of fused-ring (bicyclic) bond motifs is 1. The largest absolute Gasteiger partial charge is 0.497 e. The van der Waals surface area contributed by atoms with E-state index >= 15 is 0 Å². The molecule has 4 rings (SSSR count). The van der Waals surface area contributed by atoms with Crippen molar-refractivity contribution < 1.29 is 9.53 Å². The predicted molar refractivity (Wildman–Crippen MR) is 115 cm³/mol. The highest BCUT2D eigenvalue weighted by atomic mass is 16.5. The van der Waals surface area contributed by atoms with Gasteiger partial charge in [-0.05, 0) is 43.4 Å². The molecular weight excluding hydrogens is 366 g/mol. The third-order valence-corrected chi connectivity index (χ3v) is 5.59. The number of ether oxygens (including phenoxy) is 1. The van der Waals surface area contributed by atoms with E-state index in [9.17, 15) is 4.79 Å². The summed E-state index contributed by atoms with van der Waals surface area (Å²) in [5.74, 6) is 2.31. The van der Waals surface area contributed by atoms with Gasteiger partial charge in [-0.25, -0.2) is 9.97 Å². The van der Waals surface area contributed by atoms with Crippen LogP contribution in [-0.4, -0.2) is 47.5 Å². The molecular formula is C22H27N5O2. The minimum atomic E-state index is 0.230. The number of methoxy groups -OCH3 is 1. The van der Waals surface area contributed by atoms with E-state index in [2.05, 4.69) is 25.2 Å². The Morgan fingerprint density at radius 2 is 2.24 bits per heavy atom. The van der Waals surface area contributed by atoms with Crippen LogP contribution < -0.4 is 15.0 Å². The topological polar surface area (TPSA) is 83.1 Å². The highest BCUT2D eigenvalue weighted by Crippen LogP contribution is 2.28. The molecule has 1 aliphatic rings. The van der Waals surface area contributed by atoms with Crippen LogP contribution in [0, 0.1) is 12.8 Å². The monoisotopic (exact) mass is 393 g/mol.